The van der Waals surface area contributed by atoms with Crippen molar-refractivity contribution in [1.29, 1.82) is 0 Å². The lowest BCUT2D eigenvalue weighted by Crippen LogP contribution is -2.18. The molecule has 0 saturated heterocycles. The summed E-state index contributed by atoms with van der Waals surface area (Å²) in [6.07, 6.45) is 3.09. The first kappa shape index (κ1) is 15.0. The maximum Gasteiger partial charge on any atom is 0.259 e. The number of hydrogen-bond donors (Lipinski definition) is 2. The number of nitrogens with one attached hydrogen (secondary N) is 2. The number of methoxy groups -OCH3 is 1. The maximum atomic E-state index is 12.4. The number of benzene rings is 1. The van der Waals surface area contributed by atoms with E-state index < -0.39 is 0 Å². The van der Waals surface area contributed by atoms with Crippen LogP contribution < -0.4 is 15.4 Å². The topological polar surface area (TPSA) is 63.2 Å². The van der Waals surface area contributed by atoms with Gasteiger partial charge in [-0.05, 0) is 31.7 Å². The molecule has 0 aliphatic carbocycles. The van der Waals surface area contributed by atoms with Gasteiger partial charge in [-0.1, -0.05) is 18.2 Å². The second-order valence-electron chi connectivity index (χ2n) is 4.63. The van der Waals surface area contributed by atoms with Crippen LogP contribution in [0.2, 0.25) is 0 Å². The lowest BCUT2D eigenvalue weighted by Gasteiger charge is -2.16. The van der Waals surface area contributed by atoms with E-state index in [2.05, 4.69) is 15.6 Å². The number of para-hydroxylation sites is 1. The van der Waals surface area contributed by atoms with Crippen molar-refractivity contribution in [3.8, 4) is 5.75 Å². The number of rotatable bonds is 5. The minimum absolute atomic E-state index is 0.140. The van der Waals surface area contributed by atoms with E-state index >= 15 is 0 Å². The Hall–Kier alpha value is -2.40. The molecule has 0 aliphatic rings. The summed E-state index contributed by atoms with van der Waals surface area (Å²) in [6, 6.07) is 9.49. The van der Waals surface area contributed by atoms with E-state index in [0.717, 1.165) is 11.3 Å². The van der Waals surface area contributed by atoms with E-state index in [1.165, 1.54) is 13.3 Å². The lowest BCUT2D eigenvalue weighted by molar-refractivity contribution is 0.102. The molecule has 0 radical (unpaired) electrons. The molecule has 1 aromatic carbocycles. The molecule has 1 heterocycles. The van der Waals surface area contributed by atoms with Gasteiger partial charge in [0.15, 0.2) is 0 Å². The summed E-state index contributed by atoms with van der Waals surface area (Å²) in [5, 5.41) is 6.10. The monoisotopic (exact) mass is 285 g/mol. The lowest BCUT2D eigenvalue weighted by atomic mass is 10.1. The molecule has 2 aromatic rings. The molecule has 21 heavy (non-hydrogen) atoms. The number of carbonyl (C=O) groups is 1. The van der Waals surface area contributed by atoms with Crippen LogP contribution in [-0.4, -0.2) is 25.0 Å². The summed E-state index contributed by atoms with van der Waals surface area (Å²) in [4.78, 5) is 16.4. The molecule has 5 nitrogen and oxygen atoms in total. The van der Waals surface area contributed by atoms with Gasteiger partial charge in [-0.2, -0.15) is 0 Å². The molecule has 1 amide bonds. The third-order valence-electron chi connectivity index (χ3n) is 3.36. The summed E-state index contributed by atoms with van der Waals surface area (Å²) in [7, 11) is 3.40. The van der Waals surface area contributed by atoms with Gasteiger partial charge in [0.25, 0.3) is 5.91 Å². The summed E-state index contributed by atoms with van der Waals surface area (Å²) in [5.74, 6) is 0.235. The number of anilines is 1. The number of hydrogen-bond acceptors (Lipinski definition) is 4. The Morgan fingerprint density at radius 3 is 2.76 bits per heavy atom. The first-order chi connectivity index (χ1) is 10.2. The molecule has 1 atom stereocenters. The molecule has 0 saturated carbocycles. The van der Waals surface area contributed by atoms with Crippen molar-refractivity contribution in [3.05, 3.63) is 53.9 Å². The summed E-state index contributed by atoms with van der Waals surface area (Å²) in [6.45, 7) is 2.04. The van der Waals surface area contributed by atoms with Crippen LogP contribution in [0.3, 0.4) is 0 Å². The van der Waals surface area contributed by atoms with Gasteiger partial charge >= 0.3 is 0 Å². The second kappa shape index (κ2) is 6.85. The molecule has 5 heteroatoms. The first-order valence-corrected chi connectivity index (χ1v) is 6.73. The molecule has 1 aromatic heterocycles. The Morgan fingerprint density at radius 2 is 2.05 bits per heavy atom. The predicted octanol–water partition coefficient (Wildman–Crippen LogP) is 2.62. The van der Waals surface area contributed by atoms with Crippen molar-refractivity contribution >= 4 is 11.6 Å². The normalized spacial score (nSPS) is 11.8. The fourth-order valence-electron chi connectivity index (χ4n) is 2.06. The van der Waals surface area contributed by atoms with Gasteiger partial charge in [0.05, 0.1) is 18.9 Å². The average Bonchev–Trinajstić information content (AvgIpc) is 2.54. The largest absolute Gasteiger partial charge is 0.494 e. The Bertz CT molecular complexity index is 628. The number of nitrogens with zero attached hydrogens (tertiary/aromatic N) is 1. The van der Waals surface area contributed by atoms with Gasteiger partial charge in [0.1, 0.15) is 5.75 Å². The van der Waals surface area contributed by atoms with E-state index in [1.807, 2.05) is 38.2 Å². The standard InChI is InChI=1S/C16H19N3O2/c1-11(17-2)12-6-4-5-7-14(12)19-16(20)13-8-9-18-10-15(13)21-3/h4-11,17H,1-3H3,(H,19,20). The summed E-state index contributed by atoms with van der Waals surface area (Å²) < 4.78 is 5.17. The Morgan fingerprint density at radius 1 is 1.29 bits per heavy atom. The summed E-state index contributed by atoms with van der Waals surface area (Å²) >= 11 is 0. The van der Waals surface area contributed by atoms with Crippen LogP contribution in [0.25, 0.3) is 0 Å². The quantitative estimate of drug-likeness (QED) is 0.886. The van der Waals surface area contributed by atoms with E-state index in [0.29, 0.717) is 11.3 Å². The highest BCUT2D eigenvalue weighted by Crippen LogP contribution is 2.24. The van der Waals surface area contributed by atoms with Gasteiger partial charge in [-0.3, -0.25) is 9.78 Å². The third kappa shape index (κ3) is 3.38. The van der Waals surface area contributed by atoms with Crippen molar-refractivity contribution in [1.82, 2.24) is 10.3 Å². The smallest absolute Gasteiger partial charge is 0.259 e. The number of amides is 1. The van der Waals surface area contributed by atoms with Crippen LogP contribution in [0, 0.1) is 0 Å². The minimum Gasteiger partial charge on any atom is -0.494 e. The van der Waals surface area contributed by atoms with Gasteiger partial charge in [-0.15, -0.1) is 0 Å². The molecule has 2 rings (SSSR count). The van der Waals surface area contributed by atoms with E-state index in [4.69, 9.17) is 4.74 Å². The fraction of sp³-hybridized carbons (Fsp3) is 0.250. The zero-order chi connectivity index (χ0) is 15.2. The molecule has 0 bridgehead atoms. The maximum absolute atomic E-state index is 12.4. The number of ether oxygens (including phenoxy) is 1. The first-order valence-electron chi connectivity index (χ1n) is 6.73. The van der Waals surface area contributed by atoms with Crippen molar-refractivity contribution < 1.29 is 9.53 Å². The van der Waals surface area contributed by atoms with Crippen LogP contribution in [0.4, 0.5) is 5.69 Å². The molecule has 2 N–H and O–H groups in total. The van der Waals surface area contributed by atoms with Gasteiger partial charge in [0.2, 0.25) is 0 Å². The zero-order valence-electron chi connectivity index (χ0n) is 12.4. The Labute approximate surface area is 124 Å². The molecule has 0 fully saturated rings. The van der Waals surface area contributed by atoms with Crippen LogP contribution in [0.1, 0.15) is 28.9 Å². The Kier molecular flexibility index (Phi) is 4.90. The minimum atomic E-state index is -0.218. The second-order valence-corrected chi connectivity index (χ2v) is 4.63. The Balaban J connectivity index is 2.28. The van der Waals surface area contributed by atoms with Gasteiger partial charge in [-0.25, -0.2) is 0 Å². The average molecular weight is 285 g/mol. The van der Waals surface area contributed by atoms with Crippen molar-refractivity contribution in [2.24, 2.45) is 0 Å². The molecule has 0 spiro atoms. The van der Waals surface area contributed by atoms with Crippen LogP contribution in [0.5, 0.6) is 5.75 Å². The van der Waals surface area contributed by atoms with E-state index in [-0.39, 0.29) is 11.9 Å². The highest BCUT2D eigenvalue weighted by atomic mass is 16.5. The fourth-order valence-corrected chi connectivity index (χ4v) is 2.06. The van der Waals surface area contributed by atoms with E-state index in [1.54, 1.807) is 12.3 Å². The molecular formula is C16H19N3O2. The summed E-state index contributed by atoms with van der Waals surface area (Å²) in [5.41, 5.74) is 2.27. The third-order valence-corrected chi connectivity index (χ3v) is 3.36. The van der Waals surface area contributed by atoms with Crippen LogP contribution in [-0.2, 0) is 0 Å². The van der Waals surface area contributed by atoms with Gasteiger partial charge < -0.3 is 15.4 Å². The SMILES string of the molecule is CNC(C)c1ccccc1NC(=O)c1ccncc1OC. The molecule has 1 unspecified atom stereocenters. The van der Waals surface area contributed by atoms with Gasteiger partial charge in [0, 0.05) is 17.9 Å². The highest BCUT2D eigenvalue weighted by Gasteiger charge is 2.15. The van der Waals surface area contributed by atoms with Crippen molar-refractivity contribution in [2.45, 2.75) is 13.0 Å². The molecule has 0 aliphatic heterocycles. The molecule has 110 valence electrons. The number of carbonyl (C=O) groups excluding carboxylic acids is 1. The van der Waals surface area contributed by atoms with Crippen LogP contribution >= 0.6 is 0 Å². The number of aromatic nitrogens is 1. The van der Waals surface area contributed by atoms with E-state index in [9.17, 15) is 4.79 Å². The zero-order valence-corrected chi connectivity index (χ0v) is 12.4. The van der Waals surface area contributed by atoms with Crippen LogP contribution in [0.15, 0.2) is 42.7 Å². The highest BCUT2D eigenvalue weighted by molar-refractivity contribution is 6.06. The predicted molar refractivity (Wildman–Crippen MR) is 82.7 cm³/mol. The van der Waals surface area contributed by atoms with Crippen molar-refractivity contribution in [3.63, 3.8) is 0 Å². The number of pyridine rings is 1. The van der Waals surface area contributed by atoms with Crippen molar-refractivity contribution in [2.75, 3.05) is 19.5 Å². The molecular weight excluding hydrogens is 266 g/mol.